The van der Waals surface area contributed by atoms with Gasteiger partial charge < -0.3 is 31.8 Å². The molecule has 2 aromatic carbocycles. The maximum atomic E-state index is 11.8. The van der Waals surface area contributed by atoms with E-state index in [9.17, 15) is 14.4 Å². The first-order chi connectivity index (χ1) is 24.9. The monoisotopic (exact) mass is 707 g/mol. The zero-order valence-electron chi connectivity index (χ0n) is 29.3. The second-order valence-electron chi connectivity index (χ2n) is 11.1. The third-order valence-corrected chi connectivity index (χ3v) is 6.36. The van der Waals surface area contributed by atoms with Crippen molar-refractivity contribution in [2.45, 2.75) is 33.1 Å². The van der Waals surface area contributed by atoms with Gasteiger partial charge in [0.15, 0.2) is 11.4 Å². The van der Waals surface area contributed by atoms with Gasteiger partial charge in [0.1, 0.15) is 23.4 Å². The van der Waals surface area contributed by atoms with Gasteiger partial charge in [-0.2, -0.15) is 20.7 Å². The highest BCUT2D eigenvalue weighted by Gasteiger charge is 2.16. The summed E-state index contributed by atoms with van der Waals surface area (Å²) in [7, 11) is 3.69. The summed E-state index contributed by atoms with van der Waals surface area (Å²) in [5, 5.41) is 37.4. The molecular formula is C36H41N11O5. The molecule has 1 saturated carbocycles. The summed E-state index contributed by atoms with van der Waals surface area (Å²) < 4.78 is 1.62. The number of benzene rings is 2. The van der Waals surface area contributed by atoms with Crippen LogP contribution in [0.1, 0.15) is 49.0 Å². The molecule has 3 heterocycles. The van der Waals surface area contributed by atoms with Gasteiger partial charge in [0, 0.05) is 68.9 Å². The molecule has 6 N–H and O–H groups in total. The lowest BCUT2D eigenvalue weighted by atomic mass is 10.1. The molecule has 16 nitrogen and oxygen atoms in total. The number of carbonyl (C=O) groups excluding carboxylic acids is 3. The van der Waals surface area contributed by atoms with E-state index in [-0.39, 0.29) is 30.0 Å². The number of rotatable bonds is 6. The molecule has 2 aliphatic rings. The van der Waals surface area contributed by atoms with Crippen LogP contribution in [0.3, 0.4) is 0 Å². The molecule has 2 aromatic heterocycles. The van der Waals surface area contributed by atoms with Crippen LogP contribution in [0, 0.1) is 28.6 Å². The summed E-state index contributed by atoms with van der Waals surface area (Å²) in [6.07, 6.45) is 10.8. The zero-order valence-corrected chi connectivity index (χ0v) is 29.3. The molecule has 16 heteroatoms. The molecule has 0 bridgehead atoms. The normalized spacial score (nSPS) is 13.1. The van der Waals surface area contributed by atoms with E-state index >= 15 is 0 Å². The number of allylic oxidation sites excluding steroid dienone is 1. The summed E-state index contributed by atoms with van der Waals surface area (Å²) in [6, 6.07) is 20.1. The quantitative estimate of drug-likeness (QED) is 0.108. The van der Waals surface area contributed by atoms with Crippen LogP contribution < -0.4 is 21.8 Å². The number of carbonyl (C=O) groups is 4. The summed E-state index contributed by atoms with van der Waals surface area (Å²) in [4.78, 5) is 48.1. The Labute approximate surface area is 301 Å². The Morgan fingerprint density at radius 2 is 1.63 bits per heavy atom. The fourth-order valence-electron chi connectivity index (χ4n) is 3.94. The van der Waals surface area contributed by atoms with E-state index in [1.807, 2.05) is 50.5 Å². The highest BCUT2D eigenvalue weighted by atomic mass is 16.3. The zero-order chi connectivity index (χ0) is 38.5. The van der Waals surface area contributed by atoms with Crippen molar-refractivity contribution in [1.29, 1.82) is 10.5 Å². The number of aromatic nitrogens is 3. The highest BCUT2D eigenvalue weighted by molar-refractivity contribution is 6.05. The molecule has 0 saturated heterocycles. The van der Waals surface area contributed by atoms with Gasteiger partial charge in [-0.15, -0.1) is 0 Å². The van der Waals surface area contributed by atoms with Crippen LogP contribution in [-0.4, -0.2) is 75.2 Å². The lowest BCUT2D eigenvalue weighted by Gasteiger charge is -2.07. The van der Waals surface area contributed by atoms with Gasteiger partial charge in [-0.3, -0.25) is 19.2 Å². The fourth-order valence-corrected chi connectivity index (χ4v) is 3.94. The third-order valence-electron chi connectivity index (χ3n) is 6.36. The van der Waals surface area contributed by atoms with Gasteiger partial charge in [-0.05, 0) is 30.3 Å². The molecule has 270 valence electrons. The first-order valence-corrected chi connectivity index (χ1v) is 15.8. The number of nitrogens with zero attached hydrogens (tertiary/aromatic N) is 7. The van der Waals surface area contributed by atoms with Gasteiger partial charge in [0.05, 0.1) is 24.5 Å². The lowest BCUT2D eigenvalue weighted by molar-refractivity contribution is -0.123. The van der Waals surface area contributed by atoms with Gasteiger partial charge in [-0.25, -0.2) is 9.50 Å². The van der Waals surface area contributed by atoms with Crippen molar-refractivity contribution < 1.29 is 24.3 Å². The molecule has 4 aromatic rings. The molecule has 52 heavy (non-hydrogen) atoms. The standard InChI is InChI=1S/C15H11N5O.C13H16N2O2.C4H6N4.C3H6.CH2O2/c1-10(21)19-13-4-2-3-11(7-13)14-5-6-17-15-12(8-16)9-18-20(14)15;1-10(16)14-12-6-4-5-11(9-12)13(17)7-8-15(2)3;5-1-3-2-7-8-4(3)6;1-2-3-1;2-1-3/h2-7,9H,1H3,(H,19,21);4-9H,1-3H3,(H,14,16);3,7H,2H2,(H2,6,8);1-3H2;1H,(H,2,3)/b;8-7+;;;. The van der Waals surface area contributed by atoms with Gasteiger partial charge in [-0.1, -0.05) is 43.5 Å². The Bertz CT molecular complexity index is 1970. The molecule has 6 rings (SSSR count). The second-order valence-corrected chi connectivity index (χ2v) is 11.1. The molecule has 1 aliphatic heterocycles. The fraction of sp³-hybridized carbons (Fsp3) is 0.250. The maximum Gasteiger partial charge on any atom is 0.290 e. The van der Waals surface area contributed by atoms with Gasteiger partial charge in [0.2, 0.25) is 11.8 Å². The smallest absolute Gasteiger partial charge is 0.290 e. The number of hydrogen-bond donors (Lipinski definition) is 5. The van der Waals surface area contributed by atoms with E-state index in [1.54, 1.807) is 46.1 Å². The van der Waals surface area contributed by atoms with E-state index < -0.39 is 0 Å². The van der Waals surface area contributed by atoms with E-state index in [1.165, 1.54) is 45.4 Å². The summed E-state index contributed by atoms with van der Waals surface area (Å²) in [6.45, 7) is 3.20. The van der Waals surface area contributed by atoms with E-state index in [4.69, 9.17) is 26.2 Å². The van der Waals surface area contributed by atoms with Crippen LogP contribution in [0.2, 0.25) is 0 Å². The third kappa shape index (κ3) is 14.6. The first-order valence-electron chi connectivity index (χ1n) is 15.8. The predicted octanol–water partition coefficient (Wildman–Crippen LogP) is 4.00. The van der Waals surface area contributed by atoms with Crippen molar-refractivity contribution in [3.8, 4) is 23.4 Å². The van der Waals surface area contributed by atoms with Crippen molar-refractivity contribution in [1.82, 2.24) is 24.9 Å². The summed E-state index contributed by atoms with van der Waals surface area (Å²) in [5.74, 6) is -0.190. The van der Waals surface area contributed by atoms with Crippen molar-refractivity contribution in [2.24, 2.45) is 16.8 Å². The second kappa shape index (κ2) is 21.8. The van der Waals surface area contributed by atoms with E-state index in [0.717, 1.165) is 11.3 Å². The minimum atomic E-state index is -0.250. The summed E-state index contributed by atoms with van der Waals surface area (Å²) in [5.41, 5.74) is 12.4. The van der Waals surface area contributed by atoms with Crippen molar-refractivity contribution in [3.05, 3.63) is 90.4 Å². The molecule has 1 atom stereocenters. The molecular weight excluding hydrogens is 666 g/mol. The minimum Gasteiger partial charge on any atom is -0.483 e. The number of carboxylic acid groups (broad SMARTS) is 1. The van der Waals surface area contributed by atoms with Gasteiger partial charge >= 0.3 is 0 Å². The number of nitrogens with one attached hydrogen (secondary N) is 3. The van der Waals surface area contributed by atoms with Gasteiger partial charge in [0.25, 0.3) is 6.47 Å². The number of hydrazone groups is 1. The number of nitrogens with two attached hydrogens (primary N) is 1. The molecule has 2 amide bonds. The number of ketones is 1. The lowest BCUT2D eigenvalue weighted by Crippen LogP contribution is -2.20. The topological polar surface area (TPSA) is 244 Å². The number of anilines is 2. The van der Waals surface area contributed by atoms with Crippen molar-refractivity contribution in [2.75, 3.05) is 31.3 Å². The Balaban J connectivity index is 0.000000267. The number of amides is 2. The van der Waals surface area contributed by atoms with Crippen LogP contribution in [0.25, 0.3) is 16.9 Å². The summed E-state index contributed by atoms with van der Waals surface area (Å²) >= 11 is 0. The van der Waals surface area contributed by atoms with Crippen LogP contribution in [0.15, 0.2) is 84.4 Å². The van der Waals surface area contributed by atoms with Crippen LogP contribution in [-0.2, 0) is 14.4 Å². The largest absolute Gasteiger partial charge is 0.483 e. The maximum absolute atomic E-state index is 11.8. The minimum absolute atomic E-state index is 0.0918. The Kier molecular flexibility index (Phi) is 17.2. The molecule has 0 radical (unpaired) electrons. The molecule has 1 fully saturated rings. The molecule has 1 aliphatic carbocycles. The number of fused-ring (bicyclic) bond motifs is 1. The van der Waals surface area contributed by atoms with Crippen LogP contribution in [0.4, 0.5) is 11.4 Å². The van der Waals surface area contributed by atoms with Crippen molar-refractivity contribution >= 4 is 46.9 Å². The first kappa shape index (κ1) is 41.1. The van der Waals surface area contributed by atoms with Crippen LogP contribution >= 0.6 is 0 Å². The average Bonchev–Trinajstić information content (AvgIpc) is 3.85. The van der Waals surface area contributed by atoms with E-state index in [0.29, 0.717) is 40.5 Å². The Morgan fingerprint density at radius 1 is 1.02 bits per heavy atom. The van der Waals surface area contributed by atoms with Crippen LogP contribution in [0.5, 0.6) is 0 Å². The van der Waals surface area contributed by atoms with Crippen molar-refractivity contribution in [3.63, 3.8) is 0 Å². The number of amidine groups is 1. The van der Waals surface area contributed by atoms with E-state index in [2.05, 4.69) is 37.3 Å². The Morgan fingerprint density at radius 3 is 2.13 bits per heavy atom. The highest BCUT2D eigenvalue weighted by Crippen LogP contribution is 2.23. The number of hydrogen-bond acceptors (Lipinski definition) is 12. The number of nitriles is 2. The molecule has 0 spiro atoms. The predicted molar refractivity (Wildman–Crippen MR) is 197 cm³/mol. The SMILES string of the molecule is C1CC1.CC(=O)Nc1cccc(-c2ccnc3c(C#N)cnn23)c1.CC(=O)Nc1cccc(C(=O)/C=C/N(C)C)c1.N#CC1CNN=C1N.O=CO. The molecule has 1 unspecified atom stereocenters. The Hall–Kier alpha value is -7.07. The average molecular weight is 708 g/mol.